The second-order valence-corrected chi connectivity index (χ2v) is 9.09. The van der Waals surface area contributed by atoms with Crippen molar-refractivity contribution >= 4 is 5.91 Å². The molecule has 5 nitrogen and oxygen atoms in total. The molecule has 31 heavy (non-hydrogen) atoms. The van der Waals surface area contributed by atoms with Crippen LogP contribution in [-0.4, -0.2) is 47.8 Å². The van der Waals surface area contributed by atoms with Crippen LogP contribution in [0, 0.1) is 17.7 Å². The second-order valence-electron chi connectivity index (χ2n) is 9.09. The predicted octanol–water partition coefficient (Wildman–Crippen LogP) is 4.11. The molecule has 0 bridgehead atoms. The Morgan fingerprint density at radius 3 is 2.58 bits per heavy atom. The third-order valence-corrected chi connectivity index (χ3v) is 6.47. The topological polar surface area (TPSA) is 59.0 Å². The van der Waals surface area contributed by atoms with Crippen molar-refractivity contribution < 1.29 is 23.8 Å². The van der Waals surface area contributed by atoms with Crippen LogP contribution in [0.2, 0.25) is 0 Å². The summed E-state index contributed by atoms with van der Waals surface area (Å²) in [5.41, 5.74) is 1.33. The molecule has 0 radical (unpaired) electrons. The van der Waals surface area contributed by atoms with Gasteiger partial charge in [-0.25, -0.2) is 4.39 Å². The van der Waals surface area contributed by atoms with Crippen LogP contribution in [0.15, 0.2) is 48.5 Å². The molecule has 0 saturated carbocycles. The van der Waals surface area contributed by atoms with Crippen LogP contribution in [0.3, 0.4) is 0 Å². The van der Waals surface area contributed by atoms with Gasteiger partial charge in [0.2, 0.25) is 5.91 Å². The molecule has 2 aliphatic rings. The standard InChI is InChI=1S/C25H30FNO4/c1-17(2)22-14-25(16-30-24(22)19-5-7-20(26)8-6-19)15-27(11-12-31-25)23(29)13-18-3-9-21(28)10-4-18/h3-10,17,22,24,28H,11-16H2,1-2H3/t22-,24-,25-/m0/s1. The Morgan fingerprint density at radius 1 is 1.19 bits per heavy atom. The highest BCUT2D eigenvalue weighted by atomic mass is 19.1. The first-order valence-electron chi connectivity index (χ1n) is 10.9. The van der Waals surface area contributed by atoms with Gasteiger partial charge in [-0.05, 0) is 53.6 Å². The van der Waals surface area contributed by atoms with Crippen LogP contribution >= 0.6 is 0 Å². The number of hydrogen-bond donors (Lipinski definition) is 1. The van der Waals surface area contributed by atoms with Crippen molar-refractivity contribution in [3.05, 3.63) is 65.5 Å². The lowest BCUT2D eigenvalue weighted by molar-refractivity contribution is -0.210. The molecule has 0 aliphatic carbocycles. The fourth-order valence-electron chi connectivity index (χ4n) is 4.71. The molecule has 2 aliphatic heterocycles. The number of benzene rings is 2. The van der Waals surface area contributed by atoms with Crippen molar-refractivity contribution in [2.24, 2.45) is 11.8 Å². The van der Waals surface area contributed by atoms with Gasteiger partial charge in [0.1, 0.15) is 17.2 Å². The summed E-state index contributed by atoms with van der Waals surface area (Å²) in [5.74, 6) is 0.534. The summed E-state index contributed by atoms with van der Waals surface area (Å²) in [5, 5.41) is 9.45. The molecule has 166 valence electrons. The smallest absolute Gasteiger partial charge is 0.227 e. The molecular formula is C25H30FNO4. The van der Waals surface area contributed by atoms with E-state index in [4.69, 9.17) is 9.47 Å². The predicted molar refractivity (Wildman–Crippen MR) is 115 cm³/mol. The van der Waals surface area contributed by atoms with Crippen LogP contribution < -0.4 is 0 Å². The van der Waals surface area contributed by atoms with E-state index >= 15 is 0 Å². The Kier molecular flexibility index (Phi) is 6.30. The minimum absolute atomic E-state index is 0.0510. The fraction of sp³-hybridized carbons (Fsp3) is 0.480. The number of carbonyl (C=O) groups is 1. The van der Waals surface area contributed by atoms with Gasteiger partial charge in [0, 0.05) is 6.54 Å². The number of ether oxygens (including phenoxy) is 2. The largest absolute Gasteiger partial charge is 0.508 e. The molecule has 2 fully saturated rings. The Labute approximate surface area is 182 Å². The minimum atomic E-state index is -0.520. The fourth-order valence-corrected chi connectivity index (χ4v) is 4.71. The second kappa shape index (κ2) is 8.97. The maximum atomic E-state index is 13.4. The molecule has 2 saturated heterocycles. The van der Waals surface area contributed by atoms with E-state index in [1.165, 1.54) is 12.1 Å². The van der Waals surface area contributed by atoms with E-state index in [0.29, 0.717) is 38.6 Å². The summed E-state index contributed by atoms with van der Waals surface area (Å²) in [6, 6.07) is 13.3. The molecule has 2 heterocycles. The number of amides is 1. The van der Waals surface area contributed by atoms with Gasteiger partial charge < -0.3 is 19.5 Å². The first-order valence-corrected chi connectivity index (χ1v) is 10.9. The van der Waals surface area contributed by atoms with Crippen molar-refractivity contribution in [3.63, 3.8) is 0 Å². The maximum absolute atomic E-state index is 13.4. The molecule has 2 aromatic rings. The highest BCUT2D eigenvalue weighted by molar-refractivity contribution is 5.79. The third kappa shape index (κ3) is 4.91. The molecule has 1 amide bonds. The lowest BCUT2D eigenvalue weighted by Gasteiger charge is -2.50. The average Bonchev–Trinajstić information content (AvgIpc) is 2.76. The quantitative estimate of drug-likeness (QED) is 0.798. The van der Waals surface area contributed by atoms with Gasteiger partial charge in [0.05, 0.1) is 32.3 Å². The number of halogens is 1. The molecule has 0 aromatic heterocycles. The minimum Gasteiger partial charge on any atom is -0.508 e. The molecule has 0 unspecified atom stereocenters. The van der Waals surface area contributed by atoms with Gasteiger partial charge in [-0.2, -0.15) is 0 Å². The molecule has 6 heteroatoms. The van der Waals surface area contributed by atoms with Crippen molar-refractivity contribution in [1.82, 2.24) is 4.90 Å². The molecule has 3 atom stereocenters. The summed E-state index contributed by atoms with van der Waals surface area (Å²) in [6.45, 7) is 6.29. The van der Waals surface area contributed by atoms with Crippen LogP contribution in [0.4, 0.5) is 4.39 Å². The Hall–Kier alpha value is -2.44. The van der Waals surface area contributed by atoms with Crippen LogP contribution in [-0.2, 0) is 20.7 Å². The zero-order chi connectivity index (χ0) is 22.0. The third-order valence-electron chi connectivity index (χ3n) is 6.47. The van der Waals surface area contributed by atoms with Gasteiger partial charge in [-0.1, -0.05) is 38.1 Å². The van der Waals surface area contributed by atoms with Crippen molar-refractivity contribution in [2.75, 3.05) is 26.3 Å². The van der Waals surface area contributed by atoms with Crippen molar-refractivity contribution in [3.8, 4) is 5.75 Å². The first kappa shape index (κ1) is 21.8. The monoisotopic (exact) mass is 427 g/mol. The van der Waals surface area contributed by atoms with Crippen LogP contribution in [0.1, 0.15) is 37.5 Å². The zero-order valence-electron chi connectivity index (χ0n) is 18.1. The summed E-state index contributed by atoms with van der Waals surface area (Å²) >= 11 is 0. The average molecular weight is 428 g/mol. The van der Waals surface area contributed by atoms with E-state index in [2.05, 4.69) is 13.8 Å². The number of hydrogen-bond acceptors (Lipinski definition) is 4. The highest BCUT2D eigenvalue weighted by Crippen LogP contribution is 2.44. The number of carbonyl (C=O) groups excluding carboxylic acids is 1. The van der Waals surface area contributed by atoms with E-state index in [-0.39, 0.29) is 29.5 Å². The van der Waals surface area contributed by atoms with E-state index < -0.39 is 5.60 Å². The number of phenols is 1. The zero-order valence-corrected chi connectivity index (χ0v) is 18.1. The number of phenolic OH excluding ortho intramolecular Hbond substituents is 1. The van der Waals surface area contributed by atoms with Crippen molar-refractivity contribution in [2.45, 2.75) is 38.4 Å². The molecule has 1 spiro atoms. The van der Waals surface area contributed by atoms with Gasteiger partial charge in [0.25, 0.3) is 0 Å². The Bertz CT molecular complexity index is 899. The van der Waals surface area contributed by atoms with Crippen LogP contribution in [0.5, 0.6) is 5.75 Å². The van der Waals surface area contributed by atoms with Crippen LogP contribution in [0.25, 0.3) is 0 Å². The SMILES string of the molecule is CC(C)[C@@H]1C[C@@]2(CO[C@H]1c1ccc(F)cc1)CN(C(=O)Cc1ccc(O)cc1)CCO2. The first-order chi connectivity index (χ1) is 14.8. The number of aromatic hydroxyl groups is 1. The van der Waals surface area contributed by atoms with E-state index in [9.17, 15) is 14.3 Å². The van der Waals surface area contributed by atoms with Gasteiger partial charge in [0.15, 0.2) is 0 Å². The molecule has 2 aromatic carbocycles. The van der Waals surface area contributed by atoms with E-state index in [1.807, 2.05) is 4.90 Å². The number of rotatable bonds is 4. The molecule has 4 rings (SSSR count). The summed E-state index contributed by atoms with van der Waals surface area (Å²) < 4.78 is 25.9. The lowest BCUT2D eigenvalue weighted by Crippen LogP contribution is -2.59. The molecule has 1 N–H and O–H groups in total. The van der Waals surface area contributed by atoms with E-state index in [1.54, 1.807) is 36.4 Å². The summed E-state index contributed by atoms with van der Waals surface area (Å²) in [6.07, 6.45) is 0.969. The normalized spacial score (nSPS) is 26.4. The Balaban J connectivity index is 1.46. The number of morpholine rings is 1. The van der Waals surface area contributed by atoms with Gasteiger partial charge >= 0.3 is 0 Å². The maximum Gasteiger partial charge on any atom is 0.227 e. The Morgan fingerprint density at radius 2 is 1.90 bits per heavy atom. The van der Waals surface area contributed by atoms with Gasteiger partial charge in [-0.15, -0.1) is 0 Å². The summed E-state index contributed by atoms with van der Waals surface area (Å²) in [7, 11) is 0. The van der Waals surface area contributed by atoms with Gasteiger partial charge in [-0.3, -0.25) is 4.79 Å². The highest BCUT2D eigenvalue weighted by Gasteiger charge is 2.47. The molecular weight excluding hydrogens is 397 g/mol. The lowest BCUT2D eigenvalue weighted by atomic mass is 9.75. The van der Waals surface area contributed by atoms with E-state index in [0.717, 1.165) is 17.5 Å². The summed E-state index contributed by atoms with van der Waals surface area (Å²) in [4.78, 5) is 14.8. The number of nitrogens with zero attached hydrogens (tertiary/aromatic N) is 1. The van der Waals surface area contributed by atoms with Crippen molar-refractivity contribution in [1.29, 1.82) is 0 Å².